The van der Waals surface area contributed by atoms with Crippen LogP contribution in [0.4, 0.5) is 5.82 Å². The van der Waals surface area contributed by atoms with Crippen LogP contribution in [-0.4, -0.2) is 21.4 Å². The Labute approximate surface area is 186 Å². The molecule has 7 heteroatoms. The third-order valence-corrected chi connectivity index (χ3v) is 6.71. The van der Waals surface area contributed by atoms with Gasteiger partial charge in [0.2, 0.25) is 5.91 Å². The lowest BCUT2D eigenvalue weighted by atomic mass is 10.1. The number of ether oxygens (including phenoxy) is 1. The molecular formula is C24H27N3O3S. The fourth-order valence-electron chi connectivity index (χ4n) is 3.86. The number of hydrogen-bond acceptors (Lipinski definition) is 4. The molecule has 1 aromatic heterocycles. The zero-order valence-corrected chi connectivity index (χ0v) is 18.6. The van der Waals surface area contributed by atoms with Crippen molar-refractivity contribution in [2.24, 2.45) is 0 Å². The predicted molar refractivity (Wildman–Crippen MR) is 125 cm³/mol. The smallest absolute Gasteiger partial charge is 0.270 e. The summed E-state index contributed by atoms with van der Waals surface area (Å²) in [6.45, 7) is 4.66. The number of thioether (sulfide) groups is 1. The second-order valence-electron chi connectivity index (χ2n) is 7.79. The number of aromatic nitrogens is 2. The minimum Gasteiger partial charge on any atom is -0.489 e. The van der Waals surface area contributed by atoms with Gasteiger partial charge in [0.15, 0.2) is 0 Å². The van der Waals surface area contributed by atoms with Crippen molar-refractivity contribution in [2.75, 3.05) is 11.1 Å². The van der Waals surface area contributed by atoms with Gasteiger partial charge < -0.3 is 10.1 Å². The van der Waals surface area contributed by atoms with E-state index < -0.39 is 0 Å². The largest absolute Gasteiger partial charge is 0.489 e. The van der Waals surface area contributed by atoms with Gasteiger partial charge in [-0.1, -0.05) is 55.8 Å². The summed E-state index contributed by atoms with van der Waals surface area (Å²) in [4.78, 5) is 25.3. The lowest BCUT2D eigenvalue weighted by Gasteiger charge is -2.17. The van der Waals surface area contributed by atoms with Crippen LogP contribution < -0.4 is 15.6 Å². The molecule has 31 heavy (non-hydrogen) atoms. The van der Waals surface area contributed by atoms with Crippen LogP contribution in [0.25, 0.3) is 0 Å². The van der Waals surface area contributed by atoms with Crippen molar-refractivity contribution in [3.63, 3.8) is 0 Å². The van der Waals surface area contributed by atoms with Gasteiger partial charge in [-0.3, -0.25) is 19.4 Å². The molecule has 6 nitrogen and oxygen atoms in total. The molecule has 1 amide bonds. The molecule has 2 heterocycles. The number of hydrogen-bond donors (Lipinski definition) is 2. The molecule has 2 aromatic carbocycles. The van der Waals surface area contributed by atoms with Gasteiger partial charge in [-0.25, -0.2) is 0 Å². The highest BCUT2D eigenvalue weighted by molar-refractivity contribution is 8.00. The summed E-state index contributed by atoms with van der Waals surface area (Å²) in [5.74, 6) is 1.57. The molecule has 2 N–H and O–H groups in total. The number of fused-ring (bicyclic) bond motifs is 1. The van der Waals surface area contributed by atoms with Gasteiger partial charge >= 0.3 is 0 Å². The van der Waals surface area contributed by atoms with Crippen molar-refractivity contribution >= 4 is 23.5 Å². The molecule has 0 spiro atoms. The Morgan fingerprint density at radius 1 is 1.13 bits per heavy atom. The Bertz CT molecular complexity index is 1090. The van der Waals surface area contributed by atoms with E-state index in [1.54, 1.807) is 0 Å². The van der Waals surface area contributed by atoms with Crippen LogP contribution in [-0.2, 0) is 11.4 Å². The number of H-pyrrole nitrogens is 1. The molecule has 1 aliphatic heterocycles. The third-order valence-electron chi connectivity index (χ3n) is 5.44. The third kappa shape index (κ3) is 4.71. The summed E-state index contributed by atoms with van der Waals surface area (Å²) < 4.78 is 7.70. The first-order valence-corrected chi connectivity index (χ1v) is 11.6. The molecular weight excluding hydrogens is 410 g/mol. The van der Waals surface area contributed by atoms with Crippen molar-refractivity contribution < 1.29 is 9.53 Å². The molecule has 3 aromatic rings. The first-order valence-electron chi connectivity index (χ1n) is 10.6. The molecule has 2 atom stereocenters. The summed E-state index contributed by atoms with van der Waals surface area (Å²) in [6, 6.07) is 17.9. The zero-order chi connectivity index (χ0) is 21.8. The lowest BCUT2D eigenvalue weighted by molar-refractivity contribution is -0.113. The zero-order valence-electron chi connectivity index (χ0n) is 17.8. The van der Waals surface area contributed by atoms with Crippen LogP contribution >= 0.6 is 11.8 Å². The van der Waals surface area contributed by atoms with Gasteiger partial charge in [0.05, 0.1) is 16.6 Å². The van der Waals surface area contributed by atoms with Crippen LogP contribution in [0, 0.1) is 0 Å². The summed E-state index contributed by atoms with van der Waals surface area (Å²) >= 11 is 1.47. The summed E-state index contributed by atoms with van der Waals surface area (Å²) in [5.41, 5.74) is 2.54. The second-order valence-corrected chi connectivity index (χ2v) is 8.89. The van der Waals surface area contributed by atoms with Gasteiger partial charge in [-0.15, -0.1) is 11.8 Å². The van der Waals surface area contributed by atoms with Crippen molar-refractivity contribution in [2.45, 2.75) is 44.6 Å². The summed E-state index contributed by atoms with van der Waals surface area (Å²) in [7, 11) is 0. The van der Waals surface area contributed by atoms with Crippen molar-refractivity contribution in [1.29, 1.82) is 0 Å². The Morgan fingerprint density at radius 3 is 2.58 bits per heavy atom. The van der Waals surface area contributed by atoms with E-state index in [0.29, 0.717) is 23.7 Å². The van der Waals surface area contributed by atoms with E-state index in [9.17, 15) is 9.59 Å². The normalized spacial score (nSPS) is 16.8. The number of carbonyl (C=O) groups excluding carboxylic acids is 1. The van der Waals surface area contributed by atoms with Crippen LogP contribution in [0.1, 0.15) is 54.7 Å². The standard InChI is InChI=1S/C24H27N3O3S/c1-3-7-16(2)27-23-21(24(29)26-27)22(31-15-20(28)25-23)18-10-12-19(13-11-18)30-14-17-8-5-4-6-9-17/h4-6,8-13,16,22H,3,7,14-15H2,1-2H3,(H,25,28)(H,26,29)/t16-,22+/m0/s1. The molecule has 0 bridgehead atoms. The van der Waals surface area contributed by atoms with E-state index >= 15 is 0 Å². The van der Waals surface area contributed by atoms with E-state index in [1.165, 1.54) is 11.8 Å². The molecule has 0 radical (unpaired) electrons. The van der Waals surface area contributed by atoms with Gasteiger partial charge in [-0.2, -0.15) is 0 Å². The van der Waals surface area contributed by atoms with Gasteiger partial charge in [0.25, 0.3) is 5.56 Å². The highest BCUT2D eigenvalue weighted by Gasteiger charge is 2.31. The van der Waals surface area contributed by atoms with Gasteiger partial charge in [-0.05, 0) is 36.6 Å². The monoisotopic (exact) mass is 437 g/mol. The highest BCUT2D eigenvalue weighted by Crippen LogP contribution is 2.41. The van der Waals surface area contributed by atoms with Crippen LogP contribution in [0.3, 0.4) is 0 Å². The maximum absolute atomic E-state index is 12.9. The molecule has 0 unspecified atom stereocenters. The first kappa shape index (κ1) is 21.3. The highest BCUT2D eigenvalue weighted by atomic mass is 32.2. The van der Waals surface area contributed by atoms with Crippen molar-refractivity contribution in [3.05, 3.63) is 81.6 Å². The fourth-order valence-corrected chi connectivity index (χ4v) is 4.99. The lowest BCUT2D eigenvalue weighted by Crippen LogP contribution is -2.18. The topological polar surface area (TPSA) is 76.1 Å². The quantitative estimate of drug-likeness (QED) is 0.552. The number of rotatable bonds is 7. The average molecular weight is 438 g/mol. The van der Waals surface area contributed by atoms with Crippen LogP contribution in [0.15, 0.2) is 59.4 Å². The molecule has 0 fully saturated rings. The number of benzene rings is 2. The van der Waals surface area contributed by atoms with Gasteiger partial charge in [0, 0.05) is 6.04 Å². The molecule has 0 aliphatic carbocycles. The van der Waals surface area contributed by atoms with E-state index in [2.05, 4.69) is 24.3 Å². The number of amides is 1. The van der Waals surface area contributed by atoms with E-state index in [0.717, 1.165) is 29.7 Å². The van der Waals surface area contributed by atoms with Crippen LogP contribution in [0.2, 0.25) is 0 Å². The molecule has 1 aliphatic rings. The molecule has 0 saturated heterocycles. The number of nitrogens with zero attached hydrogens (tertiary/aromatic N) is 1. The Morgan fingerprint density at radius 2 is 1.87 bits per heavy atom. The Kier molecular flexibility index (Phi) is 6.51. The number of aromatic amines is 1. The van der Waals surface area contributed by atoms with Crippen molar-refractivity contribution in [1.82, 2.24) is 9.78 Å². The number of carbonyl (C=O) groups is 1. The molecule has 162 valence electrons. The number of nitrogens with one attached hydrogen (secondary N) is 2. The van der Waals surface area contributed by atoms with Gasteiger partial charge in [0.1, 0.15) is 18.2 Å². The minimum atomic E-state index is -0.226. The SMILES string of the molecule is CCC[C@H](C)n1[nH]c(=O)c2c1NC(=O)CS[C@@H]2c1ccc(OCc2ccccc2)cc1. The van der Waals surface area contributed by atoms with E-state index in [4.69, 9.17) is 4.74 Å². The average Bonchev–Trinajstić information content (AvgIpc) is 2.99. The van der Waals surface area contributed by atoms with E-state index in [1.807, 2.05) is 59.3 Å². The Hall–Kier alpha value is -2.93. The number of anilines is 1. The summed E-state index contributed by atoms with van der Waals surface area (Å²) in [6.07, 6.45) is 1.91. The predicted octanol–water partition coefficient (Wildman–Crippen LogP) is 4.89. The fraction of sp³-hybridized carbons (Fsp3) is 0.333. The minimum absolute atomic E-state index is 0.0898. The first-order chi connectivity index (χ1) is 15.1. The maximum Gasteiger partial charge on any atom is 0.270 e. The van der Waals surface area contributed by atoms with E-state index in [-0.39, 0.29) is 22.8 Å². The maximum atomic E-state index is 12.9. The van der Waals surface area contributed by atoms with Crippen molar-refractivity contribution in [3.8, 4) is 5.75 Å². The summed E-state index contributed by atoms with van der Waals surface area (Å²) in [5, 5.41) is 5.67. The second kappa shape index (κ2) is 9.47. The Balaban J connectivity index is 1.60. The molecule has 4 rings (SSSR count). The van der Waals surface area contributed by atoms with Crippen LogP contribution in [0.5, 0.6) is 5.75 Å². The molecule has 0 saturated carbocycles.